The first kappa shape index (κ1) is 20.4. The monoisotopic (exact) mass is 444 g/mol. The molecule has 156 valence electrons. The number of ether oxygens (including phenoxy) is 1. The summed E-state index contributed by atoms with van der Waals surface area (Å²) >= 11 is 2.67. The minimum atomic E-state index is -0.360. The standard InChI is InChI=1S/C19H20N6O3S2/c1-4-28-16(27)11-5-6-13-14(11)23-19(30-13)24-15(26)12-8-29-18(22-12)25-17-20-9(2)7-10(3)21-17/h7-8,11H,4-6H2,1-3H3,(H,23,24,26)(H,20,21,22,25). The third-order valence-corrected chi connectivity index (χ3v) is 6.25. The number of carbonyl (C=O) groups is 2. The van der Waals surface area contributed by atoms with Crippen molar-refractivity contribution in [1.29, 1.82) is 0 Å². The molecule has 0 fully saturated rings. The van der Waals surface area contributed by atoms with Gasteiger partial charge >= 0.3 is 5.97 Å². The summed E-state index contributed by atoms with van der Waals surface area (Å²) in [6, 6.07) is 1.88. The Bertz CT molecular complexity index is 1090. The van der Waals surface area contributed by atoms with Crippen LogP contribution in [0.5, 0.6) is 0 Å². The molecule has 0 saturated carbocycles. The molecule has 11 heteroatoms. The zero-order valence-electron chi connectivity index (χ0n) is 16.7. The first-order chi connectivity index (χ1) is 14.4. The number of hydrogen-bond acceptors (Lipinski definition) is 10. The SMILES string of the molecule is CCOC(=O)C1CCc2sc(NC(=O)c3csc(Nc4nc(C)cc(C)n4)n3)nc21. The Morgan fingerprint density at radius 1 is 1.17 bits per heavy atom. The molecule has 1 amide bonds. The predicted molar refractivity (Wildman–Crippen MR) is 115 cm³/mol. The second-order valence-corrected chi connectivity index (χ2v) is 8.70. The molecule has 0 aromatic carbocycles. The summed E-state index contributed by atoms with van der Waals surface area (Å²) < 4.78 is 5.12. The minimum Gasteiger partial charge on any atom is -0.465 e. The van der Waals surface area contributed by atoms with E-state index < -0.39 is 0 Å². The maximum absolute atomic E-state index is 12.6. The van der Waals surface area contributed by atoms with Gasteiger partial charge in [0.05, 0.1) is 12.3 Å². The molecule has 1 aliphatic rings. The number of nitrogens with zero attached hydrogens (tertiary/aromatic N) is 4. The predicted octanol–water partition coefficient (Wildman–Crippen LogP) is 3.60. The van der Waals surface area contributed by atoms with Crippen molar-refractivity contribution in [3.8, 4) is 0 Å². The number of aryl methyl sites for hydroxylation is 3. The van der Waals surface area contributed by atoms with Gasteiger partial charge in [0, 0.05) is 21.6 Å². The van der Waals surface area contributed by atoms with E-state index in [1.165, 1.54) is 22.7 Å². The maximum atomic E-state index is 12.6. The highest BCUT2D eigenvalue weighted by Crippen LogP contribution is 2.39. The van der Waals surface area contributed by atoms with Crippen LogP contribution in [0.15, 0.2) is 11.4 Å². The number of aromatic nitrogens is 4. The minimum absolute atomic E-state index is 0.261. The second-order valence-electron chi connectivity index (χ2n) is 6.76. The molecule has 2 N–H and O–H groups in total. The molecular weight excluding hydrogens is 424 g/mol. The summed E-state index contributed by atoms with van der Waals surface area (Å²) in [4.78, 5) is 43.1. The molecule has 3 heterocycles. The zero-order chi connectivity index (χ0) is 21.3. The van der Waals surface area contributed by atoms with Crippen molar-refractivity contribution in [2.75, 3.05) is 17.2 Å². The highest BCUT2D eigenvalue weighted by molar-refractivity contribution is 7.16. The van der Waals surface area contributed by atoms with Crippen molar-refractivity contribution >= 4 is 50.8 Å². The molecule has 9 nitrogen and oxygen atoms in total. The van der Waals surface area contributed by atoms with Crippen molar-refractivity contribution in [2.24, 2.45) is 0 Å². The number of thiazole rings is 2. The first-order valence-corrected chi connectivity index (χ1v) is 11.1. The molecule has 0 radical (unpaired) electrons. The van der Waals surface area contributed by atoms with Crippen molar-refractivity contribution in [3.05, 3.63) is 39.1 Å². The molecule has 1 aliphatic carbocycles. The number of nitrogens with one attached hydrogen (secondary N) is 2. The third-order valence-electron chi connectivity index (χ3n) is 4.45. The fourth-order valence-electron chi connectivity index (χ4n) is 3.23. The Balaban J connectivity index is 1.43. The Kier molecular flexibility index (Phi) is 5.73. The fraction of sp³-hybridized carbons (Fsp3) is 0.368. The van der Waals surface area contributed by atoms with E-state index in [9.17, 15) is 9.59 Å². The van der Waals surface area contributed by atoms with Crippen molar-refractivity contribution in [1.82, 2.24) is 19.9 Å². The molecule has 0 bridgehead atoms. The maximum Gasteiger partial charge on any atom is 0.315 e. The number of fused-ring (bicyclic) bond motifs is 1. The van der Waals surface area contributed by atoms with E-state index in [0.29, 0.717) is 34.9 Å². The average molecular weight is 445 g/mol. The number of rotatable bonds is 6. The van der Waals surface area contributed by atoms with Crippen molar-refractivity contribution in [2.45, 2.75) is 39.5 Å². The van der Waals surface area contributed by atoms with Gasteiger partial charge in [-0.15, -0.1) is 22.7 Å². The molecule has 30 heavy (non-hydrogen) atoms. The average Bonchev–Trinajstić information content (AvgIpc) is 3.36. The van der Waals surface area contributed by atoms with E-state index in [4.69, 9.17) is 4.74 Å². The number of esters is 1. The number of anilines is 3. The molecule has 3 aromatic rings. The van der Waals surface area contributed by atoms with Crippen LogP contribution in [0.1, 0.15) is 51.7 Å². The third kappa shape index (κ3) is 4.31. The summed E-state index contributed by atoms with van der Waals surface area (Å²) in [6.45, 7) is 5.90. The van der Waals surface area contributed by atoms with Crippen molar-refractivity contribution in [3.63, 3.8) is 0 Å². The van der Waals surface area contributed by atoms with Crippen LogP contribution in [-0.2, 0) is 16.0 Å². The summed E-state index contributed by atoms with van der Waals surface area (Å²) in [5, 5.41) is 8.44. The Labute approximate surface area is 181 Å². The van der Waals surface area contributed by atoms with Crippen LogP contribution in [0.2, 0.25) is 0 Å². The van der Waals surface area contributed by atoms with E-state index in [-0.39, 0.29) is 23.5 Å². The van der Waals surface area contributed by atoms with Gasteiger partial charge in [-0.25, -0.2) is 19.9 Å². The van der Waals surface area contributed by atoms with E-state index in [0.717, 1.165) is 22.7 Å². The smallest absolute Gasteiger partial charge is 0.315 e. The van der Waals surface area contributed by atoms with Crippen LogP contribution < -0.4 is 10.6 Å². The van der Waals surface area contributed by atoms with Crippen LogP contribution in [0.3, 0.4) is 0 Å². The summed E-state index contributed by atoms with van der Waals surface area (Å²) in [5.74, 6) is -0.533. The molecule has 3 aromatic heterocycles. The summed E-state index contributed by atoms with van der Waals surface area (Å²) in [7, 11) is 0. The van der Waals surface area contributed by atoms with Gasteiger partial charge in [-0.2, -0.15) is 0 Å². The van der Waals surface area contributed by atoms with Crippen LogP contribution in [0.4, 0.5) is 16.2 Å². The van der Waals surface area contributed by atoms with Gasteiger partial charge in [-0.3, -0.25) is 14.9 Å². The van der Waals surface area contributed by atoms with Gasteiger partial charge in [-0.05, 0) is 39.7 Å². The Morgan fingerprint density at radius 2 is 1.93 bits per heavy atom. The normalized spacial score (nSPS) is 15.0. The lowest BCUT2D eigenvalue weighted by atomic mass is 10.1. The van der Waals surface area contributed by atoms with Gasteiger partial charge in [0.15, 0.2) is 10.3 Å². The van der Waals surface area contributed by atoms with Crippen LogP contribution >= 0.6 is 22.7 Å². The molecule has 0 aliphatic heterocycles. The van der Waals surface area contributed by atoms with Crippen molar-refractivity contribution < 1.29 is 14.3 Å². The van der Waals surface area contributed by atoms with Crippen LogP contribution in [-0.4, -0.2) is 38.4 Å². The van der Waals surface area contributed by atoms with Gasteiger partial charge in [0.2, 0.25) is 5.95 Å². The highest BCUT2D eigenvalue weighted by Gasteiger charge is 2.34. The zero-order valence-corrected chi connectivity index (χ0v) is 18.3. The molecule has 1 unspecified atom stereocenters. The van der Waals surface area contributed by atoms with Gasteiger partial charge in [0.1, 0.15) is 11.6 Å². The fourth-order valence-corrected chi connectivity index (χ4v) is 4.94. The number of carbonyl (C=O) groups excluding carboxylic acids is 2. The Hall–Kier alpha value is -2.92. The Morgan fingerprint density at radius 3 is 2.67 bits per heavy atom. The van der Waals surface area contributed by atoms with E-state index in [2.05, 4.69) is 30.6 Å². The first-order valence-electron chi connectivity index (χ1n) is 9.45. The lowest BCUT2D eigenvalue weighted by Crippen LogP contribution is -2.15. The molecule has 0 spiro atoms. The van der Waals surface area contributed by atoms with Gasteiger partial charge in [0.25, 0.3) is 5.91 Å². The topological polar surface area (TPSA) is 119 Å². The molecule has 0 saturated heterocycles. The number of hydrogen-bond donors (Lipinski definition) is 2. The molecular formula is C19H20N6O3S2. The van der Waals surface area contributed by atoms with Crippen LogP contribution in [0, 0.1) is 13.8 Å². The summed E-state index contributed by atoms with van der Waals surface area (Å²) in [6.07, 6.45) is 1.45. The summed E-state index contributed by atoms with van der Waals surface area (Å²) in [5.41, 5.74) is 2.67. The highest BCUT2D eigenvalue weighted by atomic mass is 32.1. The van der Waals surface area contributed by atoms with E-state index in [1.54, 1.807) is 12.3 Å². The molecule has 4 rings (SSSR count). The van der Waals surface area contributed by atoms with E-state index >= 15 is 0 Å². The quantitative estimate of drug-likeness (QED) is 0.554. The second kappa shape index (κ2) is 8.44. The van der Waals surface area contributed by atoms with Crippen LogP contribution in [0.25, 0.3) is 0 Å². The van der Waals surface area contributed by atoms with Gasteiger partial charge in [-0.1, -0.05) is 0 Å². The van der Waals surface area contributed by atoms with Gasteiger partial charge < -0.3 is 10.1 Å². The lowest BCUT2D eigenvalue weighted by Gasteiger charge is -2.07. The lowest BCUT2D eigenvalue weighted by molar-refractivity contribution is -0.145. The number of amides is 1. The largest absolute Gasteiger partial charge is 0.465 e. The molecule has 1 atom stereocenters. The van der Waals surface area contributed by atoms with E-state index in [1.807, 2.05) is 19.9 Å².